The molecule has 0 aliphatic carbocycles. The zero-order chi connectivity index (χ0) is 24.4. The normalized spacial score (nSPS) is 15.3. The van der Waals surface area contributed by atoms with Crippen LogP contribution in [-0.4, -0.2) is 30.4 Å². The van der Waals surface area contributed by atoms with Crippen LogP contribution in [0.3, 0.4) is 0 Å². The van der Waals surface area contributed by atoms with Gasteiger partial charge in [0, 0.05) is 12.1 Å². The molecule has 0 fully saturated rings. The number of nitrogens with one attached hydrogen (secondary N) is 1. The Labute approximate surface area is 190 Å². The molecule has 0 saturated heterocycles. The van der Waals surface area contributed by atoms with Crippen molar-refractivity contribution in [3.05, 3.63) is 62.9 Å². The van der Waals surface area contributed by atoms with Crippen LogP contribution < -0.4 is 5.32 Å². The molecule has 176 valence electrons. The maximum absolute atomic E-state index is 12.3. The number of nitrogens with zero attached hydrogens (tertiary/aromatic N) is 2. The van der Waals surface area contributed by atoms with Crippen LogP contribution in [0, 0.1) is 21.4 Å². The molecular weight excluding hydrogens is 434 g/mol. The number of carbonyl (C=O) groups excluding carboxylic acids is 2. The number of dihydropyridines is 1. The summed E-state index contributed by atoms with van der Waals surface area (Å²) in [6, 6.07) is 7.51. The van der Waals surface area contributed by atoms with Crippen LogP contribution in [-0.2, 0) is 18.9 Å². The second-order valence-corrected chi connectivity index (χ2v) is 7.05. The van der Waals surface area contributed by atoms with E-state index in [1.807, 2.05) is 13.0 Å². The zero-order valence-corrected chi connectivity index (χ0v) is 18.6. The van der Waals surface area contributed by atoms with E-state index in [9.17, 15) is 19.7 Å². The minimum absolute atomic E-state index is 0.0172. The third-order valence-electron chi connectivity index (χ3n) is 4.59. The highest BCUT2D eigenvalue weighted by atomic mass is 16.7. The van der Waals surface area contributed by atoms with E-state index < -0.39 is 23.2 Å². The standard InChI is InChI=1S/C22H25N3O8/c1-4-5-11-30-21(26)32-19-14(2)24-15(3)20(33-22(27)31-12-7-10-23)18(19)16-8-6-9-17(13-16)25(28)29/h6,8-9,13,18,24H,4-5,7,11-12H2,1-3H3. The molecule has 0 bridgehead atoms. The van der Waals surface area contributed by atoms with Gasteiger partial charge in [-0.2, -0.15) is 5.26 Å². The van der Waals surface area contributed by atoms with E-state index in [2.05, 4.69) is 5.32 Å². The van der Waals surface area contributed by atoms with E-state index in [1.165, 1.54) is 18.2 Å². The largest absolute Gasteiger partial charge is 0.513 e. The van der Waals surface area contributed by atoms with Crippen molar-refractivity contribution >= 4 is 18.0 Å². The average Bonchev–Trinajstić information content (AvgIpc) is 2.77. The van der Waals surface area contributed by atoms with E-state index in [0.29, 0.717) is 23.4 Å². The SMILES string of the molecule is CCCCOC(=O)OC1=C(C)NC(C)=C(OC(=O)OCCC#N)C1c1cccc([N+](=O)[O-])c1. The minimum Gasteiger partial charge on any atom is -0.434 e. The van der Waals surface area contributed by atoms with Crippen molar-refractivity contribution < 1.29 is 33.5 Å². The van der Waals surface area contributed by atoms with Gasteiger partial charge >= 0.3 is 12.3 Å². The molecule has 0 amide bonds. The molecular formula is C22H25N3O8. The highest BCUT2D eigenvalue weighted by molar-refractivity contribution is 5.65. The van der Waals surface area contributed by atoms with Crippen LogP contribution >= 0.6 is 0 Å². The second-order valence-electron chi connectivity index (χ2n) is 7.05. The molecule has 2 rings (SSSR count). The topological polar surface area (TPSA) is 150 Å². The molecule has 11 heteroatoms. The molecule has 1 aromatic carbocycles. The first-order chi connectivity index (χ1) is 15.8. The van der Waals surface area contributed by atoms with Gasteiger partial charge in [0.05, 0.1) is 35.4 Å². The first kappa shape index (κ1) is 25.2. The van der Waals surface area contributed by atoms with Gasteiger partial charge in [0.15, 0.2) is 0 Å². The molecule has 33 heavy (non-hydrogen) atoms. The molecule has 0 aromatic heterocycles. The van der Waals surface area contributed by atoms with E-state index in [4.69, 9.17) is 24.2 Å². The molecule has 0 saturated carbocycles. The third kappa shape index (κ3) is 6.96. The predicted molar refractivity (Wildman–Crippen MR) is 114 cm³/mol. The van der Waals surface area contributed by atoms with Crippen LogP contribution in [0.25, 0.3) is 0 Å². The number of allylic oxidation sites excluding steroid dienone is 2. The van der Waals surface area contributed by atoms with Crippen LogP contribution in [0.2, 0.25) is 0 Å². The smallest absolute Gasteiger partial charge is 0.434 e. The van der Waals surface area contributed by atoms with Gasteiger partial charge in [-0.05, 0) is 25.8 Å². The first-order valence-electron chi connectivity index (χ1n) is 10.3. The number of nitriles is 1. The second kappa shape index (κ2) is 12.1. The summed E-state index contributed by atoms with van der Waals surface area (Å²) in [5.41, 5.74) is 0.998. The summed E-state index contributed by atoms with van der Waals surface area (Å²) in [5, 5.41) is 22.9. The summed E-state index contributed by atoms with van der Waals surface area (Å²) >= 11 is 0. The fourth-order valence-electron chi connectivity index (χ4n) is 3.07. The van der Waals surface area contributed by atoms with Gasteiger partial charge in [0.1, 0.15) is 24.0 Å². The first-order valence-corrected chi connectivity index (χ1v) is 10.3. The number of rotatable bonds is 9. The fourth-order valence-corrected chi connectivity index (χ4v) is 3.07. The Bertz CT molecular complexity index is 1010. The monoisotopic (exact) mass is 459 g/mol. The number of unbranched alkanes of at least 4 members (excludes halogenated alkanes) is 1. The van der Waals surface area contributed by atoms with E-state index >= 15 is 0 Å². The molecule has 1 aliphatic rings. The predicted octanol–water partition coefficient (Wildman–Crippen LogP) is 4.76. The maximum atomic E-state index is 12.3. The number of carbonyl (C=O) groups is 2. The lowest BCUT2D eigenvalue weighted by molar-refractivity contribution is -0.384. The fraction of sp³-hybridized carbons (Fsp3) is 0.409. The van der Waals surface area contributed by atoms with Crippen molar-refractivity contribution in [1.82, 2.24) is 5.32 Å². The van der Waals surface area contributed by atoms with Gasteiger partial charge in [-0.1, -0.05) is 25.5 Å². The van der Waals surface area contributed by atoms with Crippen molar-refractivity contribution in [2.24, 2.45) is 0 Å². The van der Waals surface area contributed by atoms with Crippen LogP contribution in [0.4, 0.5) is 15.3 Å². The van der Waals surface area contributed by atoms with Crippen molar-refractivity contribution in [1.29, 1.82) is 5.26 Å². The Kier molecular flexibility index (Phi) is 9.23. The highest BCUT2D eigenvalue weighted by Crippen LogP contribution is 2.40. The number of hydrogen-bond donors (Lipinski definition) is 1. The lowest BCUT2D eigenvalue weighted by Crippen LogP contribution is -2.29. The summed E-state index contributed by atoms with van der Waals surface area (Å²) < 4.78 is 20.8. The molecule has 11 nitrogen and oxygen atoms in total. The number of nitro benzene ring substituents is 1. The quantitative estimate of drug-likeness (QED) is 0.237. The summed E-state index contributed by atoms with van der Waals surface area (Å²) in [6.07, 6.45) is -0.564. The Morgan fingerprint density at radius 2 is 1.73 bits per heavy atom. The zero-order valence-electron chi connectivity index (χ0n) is 18.6. The Morgan fingerprint density at radius 1 is 1.12 bits per heavy atom. The van der Waals surface area contributed by atoms with Gasteiger partial charge in [-0.3, -0.25) is 10.1 Å². The van der Waals surface area contributed by atoms with Crippen molar-refractivity contribution in [3.63, 3.8) is 0 Å². The van der Waals surface area contributed by atoms with Crippen molar-refractivity contribution in [2.45, 2.75) is 46.0 Å². The van der Waals surface area contributed by atoms with Gasteiger partial charge in [0.25, 0.3) is 5.69 Å². The van der Waals surface area contributed by atoms with Crippen LogP contribution in [0.5, 0.6) is 0 Å². The number of nitro groups is 1. The minimum atomic E-state index is -1.07. The number of ether oxygens (including phenoxy) is 4. The third-order valence-corrected chi connectivity index (χ3v) is 4.59. The number of hydrogen-bond acceptors (Lipinski definition) is 10. The van der Waals surface area contributed by atoms with Gasteiger partial charge < -0.3 is 24.3 Å². The molecule has 0 radical (unpaired) electrons. The molecule has 1 N–H and O–H groups in total. The average molecular weight is 459 g/mol. The van der Waals surface area contributed by atoms with Gasteiger partial charge in [0.2, 0.25) is 0 Å². The number of benzene rings is 1. The van der Waals surface area contributed by atoms with Crippen molar-refractivity contribution in [2.75, 3.05) is 13.2 Å². The molecule has 1 heterocycles. The molecule has 1 aliphatic heterocycles. The summed E-state index contributed by atoms with van der Waals surface area (Å²) in [6.45, 7) is 5.21. The summed E-state index contributed by atoms with van der Waals surface area (Å²) in [4.78, 5) is 35.2. The van der Waals surface area contributed by atoms with Crippen LogP contribution in [0.1, 0.15) is 51.5 Å². The van der Waals surface area contributed by atoms with E-state index in [1.54, 1.807) is 19.9 Å². The molecule has 1 unspecified atom stereocenters. The molecule has 0 spiro atoms. The molecule has 1 aromatic rings. The Hall–Kier alpha value is -4.07. The van der Waals surface area contributed by atoms with Gasteiger partial charge in [-0.15, -0.1) is 0 Å². The number of non-ortho nitro benzene ring substituents is 1. The van der Waals surface area contributed by atoms with Crippen LogP contribution in [0.15, 0.2) is 47.2 Å². The summed E-state index contributed by atoms with van der Waals surface area (Å²) in [7, 11) is 0. The Morgan fingerprint density at radius 3 is 2.27 bits per heavy atom. The highest BCUT2D eigenvalue weighted by Gasteiger charge is 2.36. The maximum Gasteiger partial charge on any atom is 0.513 e. The van der Waals surface area contributed by atoms with Crippen molar-refractivity contribution in [3.8, 4) is 6.07 Å². The Balaban J connectivity index is 2.42. The van der Waals surface area contributed by atoms with E-state index in [-0.39, 0.29) is 36.8 Å². The molecule has 1 atom stereocenters. The van der Waals surface area contributed by atoms with Gasteiger partial charge in [-0.25, -0.2) is 9.59 Å². The summed E-state index contributed by atoms with van der Waals surface area (Å²) in [5.74, 6) is -0.893. The lowest BCUT2D eigenvalue weighted by atomic mass is 9.90. The van der Waals surface area contributed by atoms with E-state index in [0.717, 1.165) is 6.42 Å². The lowest BCUT2D eigenvalue weighted by Gasteiger charge is -2.30.